The zero-order chi connectivity index (χ0) is 13.7. The number of anilines is 1. The first kappa shape index (κ1) is 12.9. The van der Waals surface area contributed by atoms with Crippen molar-refractivity contribution in [1.82, 2.24) is 9.97 Å². The number of benzene rings is 1. The minimum atomic E-state index is -0.355. The lowest BCUT2D eigenvalue weighted by atomic mass is 10.1. The Labute approximate surface area is 110 Å². The molecule has 1 N–H and O–H groups in total. The molecule has 0 spiro atoms. The minimum Gasteiger partial charge on any atom is -0.379 e. The number of nitrogens with one attached hydrogen (secondary N) is 1. The maximum absolute atomic E-state index is 11.0. The number of hydrogen-bond acceptors (Lipinski definition) is 5. The molecule has 0 aliphatic heterocycles. The van der Waals surface area contributed by atoms with Crippen LogP contribution in [0.5, 0.6) is 0 Å². The Morgan fingerprint density at radius 2 is 2.21 bits per heavy atom. The molecule has 1 aromatic carbocycles. The Kier molecular flexibility index (Phi) is 4.02. The largest absolute Gasteiger partial charge is 0.379 e. The van der Waals surface area contributed by atoms with Crippen molar-refractivity contribution >= 4 is 11.4 Å². The van der Waals surface area contributed by atoms with Crippen LogP contribution in [-0.2, 0) is 13.0 Å². The van der Waals surface area contributed by atoms with E-state index in [0.29, 0.717) is 18.7 Å². The number of nitro benzene ring substituents is 1. The van der Waals surface area contributed by atoms with Gasteiger partial charge in [-0.1, -0.05) is 13.0 Å². The third-order valence-electron chi connectivity index (χ3n) is 2.75. The van der Waals surface area contributed by atoms with E-state index in [1.54, 1.807) is 30.7 Å². The van der Waals surface area contributed by atoms with Gasteiger partial charge in [-0.2, -0.15) is 0 Å². The highest BCUT2D eigenvalue weighted by Crippen LogP contribution is 2.23. The van der Waals surface area contributed by atoms with Gasteiger partial charge in [-0.05, 0) is 12.5 Å². The van der Waals surface area contributed by atoms with E-state index in [0.717, 1.165) is 11.3 Å². The van der Waals surface area contributed by atoms with E-state index in [1.807, 2.05) is 13.0 Å². The fraction of sp³-hybridized carbons (Fsp3) is 0.231. The average Bonchev–Trinajstić information content (AvgIpc) is 2.46. The number of rotatable bonds is 5. The molecule has 0 saturated heterocycles. The van der Waals surface area contributed by atoms with Gasteiger partial charge in [-0.15, -0.1) is 0 Å². The van der Waals surface area contributed by atoms with Crippen LogP contribution < -0.4 is 5.32 Å². The van der Waals surface area contributed by atoms with Crippen molar-refractivity contribution in [2.24, 2.45) is 0 Å². The monoisotopic (exact) mass is 258 g/mol. The first-order valence-corrected chi connectivity index (χ1v) is 5.96. The smallest absolute Gasteiger partial charge is 0.274 e. The molecule has 0 amide bonds. The van der Waals surface area contributed by atoms with Gasteiger partial charge >= 0.3 is 0 Å². The molecule has 0 atom stereocenters. The molecule has 19 heavy (non-hydrogen) atoms. The molecule has 0 radical (unpaired) electrons. The summed E-state index contributed by atoms with van der Waals surface area (Å²) in [6.07, 6.45) is 5.51. The summed E-state index contributed by atoms with van der Waals surface area (Å²) in [4.78, 5) is 18.7. The average molecular weight is 258 g/mol. The zero-order valence-corrected chi connectivity index (χ0v) is 10.5. The van der Waals surface area contributed by atoms with Crippen molar-refractivity contribution in [3.8, 4) is 0 Å². The van der Waals surface area contributed by atoms with Crippen LogP contribution in [0, 0.1) is 10.1 Å². The van der Waals surface area contributed by atoms with Gasteiger partial charge in [-0.25, -0.2) is 0 Å². The summed E-state index contributed by atoms with van der Waals surface area (Å²) in [6.45, 7) is 2.38. The van der Waals surface area contributed by atoms with Crippen LogP contribution in [0.4, 0.5) is 11.4 Å². The summed E-state index contributed by atoms with van der Waals surface area (Å²) < 4.78 is 0. The lowest BCUT2D eigenvalue weighted by Crippen LogP contribution is -2.03. The van der Waals surface area contributed by atoms with Gasteiger partial charge in [0.15, 0.2) is 0 Å². The highest BCUT2D eigenvalue weighted by Gasteiger charge is 2.12. The lowest BCUT2D eigenvalue weighted by molar-refractivity contribution is -0.385. The van der Waals surface area contributed by atoms with Gasteiger partial charge in [-0.3, -0.25) is 20.1 Å². The molecule has 0 saturated carbocycles. The van der Waals surface area contributed by atoms with Crippen LogP contribution in [0.3, 0.4) is 0 Å². The molecule has 2 rings (SSSR count). The van der Waals surface area contributed by atoms with E-state index in [-0.39, 0.29) is 10.6 Å². The van der Waals surface area contributed by atoms with Crippen molar-refractivity contribution in [2.45, 2.75) is 19.9 Å². The Hall–Kier alpha value is -2.50. The molecule has 6 nitrogen and oxygen atoms in total. The van der Waals surface area contributed by atoms with E-state index in [9.17, 15) is 10.1 Å². The second kappa shape index (κ2) is 5.90. The van der Waals surface area contributed by atoms with E-state index < -0.39 is 0 Å². The maximum Gasteiger partial charge on any atom is 0.274 e. The second-order valence-corrected chi connectivity index (χ2v) is 4.00. The highest BCUT2D eigenvalue weighted by molar-refractivity contribution is 5.55. The Morgan fingerprint density at radius 3 is 2.84 bits per heavy atom. The predicted molar refractivity (Wildman–Crippen MR) is 71.8 cm³/mol. The molecule has 6 heteroatoms. The maximum atomic E-state index is 11.0. The summed E-state index contributed by atoms with van der Waals surface area (Å²) in [5.41, 5.74) is 2.36. The first-order chi connectivity index (χ1) is 9.20. The zero-order valence-electron chi connectivity index (χ0n) is 10.5. The van der Waals surface area contributed by atoms with Crippen LogP contribution in [-0.4, -0.2) is 14.9 Å². The lowest BCUT2D eigenvalue weighted by Gasteiger charge is -2.07. The topological polar surface area (TPSA) is 81.0 Å². The van der Waals surface area contributed by atoms with Crippen LogP contribution >= 0.6 is 0 Å². The highest BCUT2D eigenvalue weighted by atomic mass is 16.6. The molecule has 2 aromatic rings. The Bertz CT molecular complexity index is 572. The van der Waals surface area contributed by atoms with Gasteiger partial charge in [0, 0.05) is 29.7 Å². The third kappa shape index (κ3) is 3.25. The summed E-state index contributed by atoms with van der Waals surface area (Å²) in [5.74, 6) is 0. The quantitative estimate of drug-likeness (QED) is 0.658. The van der Waals surface area contributed by atoms with Crippen molar-refractivity contribution in [1.29, 1.82) is 0 Å². The van der Waals surface area contributed by atoms with Gasteiger partial charge < -0.3 is 5.32 Å². The van der Waals surface area contributed by atoms with Crippen LogP contribution in [0.15, 0.2) is 36.8 Å². The number of aryl methyl sites for hydroxylation is 1. The first-order valence-electron chi connectivity index (χ1n) is 5.96. The molecule has 0 unspecified atom stereocenters. The summed E-state index contributed by atoms with van der Waals surface area (Å²) in [5, 5.41) is 14.1. The standard InChI is InChI=1S/C13H14N4O2/c1-2-10-3-4-11(7-13(10)17(18)19)16-9-12-8-14-5-6-15-12/h3-8,16H,2,9H2,1H3. The molecular formula is C13H14N4O2. The second-order valence-electron chi connectivity index (χ2n) is 4.00. The van der Waals surface area contributed by atoms with Crippen LogP contribution in [0.1, 0.15) is 18.2 Å². The molecule has 0 aliphatic carbocycles. The molecule has 0 fully saturated rings. The van der Waals surface area contributed by atoms with E-state index >= 15 is 0 Å². The van der Waals surface area contributed by atoms with Crippen molar-refractivity contribution < 1.29 is 4.92 Å². The SMILES string of the molecule is CCc1ccc(NCc2cnccn2)cc1[N+](=O)[O-]. The van der Waals surface area contributed by atoms with Gasteiger partial charge in [0.2, 0.25) is 0 Å². The summed E-state index contributed by atoms with van der Waals surface area (Å²) in [6, 6.07) is 5.16. The normalized spacial score (nSPS) is 10.2. The fourth-order valence-corrected chi connectivity index (χ4v) is 1.76. The van der Waals surface area contributed by atoms with Crippen molar-refractivity contribution in [3.05, 3.63) is 58.2 Å². The molecule has 0 aliphatic rings. The van der Waals surface area contributed by atoms with Gasteiger partial charge in [0.05, 0.1) is 23.4 Å². The predicted octanol–water partition coefficient (Wildman–Crippen LogP) is 2.56. The van der Waals surface area contributed by atoms with Crippen LogP contribution in [0.2, 0.25) is 0 Å². The Balaban J connectivity index is 2.13. The number of aromatic nitrogens is 2. The molecule has 1 heterocycles. The van der Waals surface area contributed by atoms with Crippen molar-refractivity contribution in [3.63, 3.8) is 0 Å². The molecular weight excluding hydrogens is 244 g/mol. The van der Waals surface area contributed by atoms with Crippen LogP contribution in [0.25, 0.3) is 0 Å². The van der Waals surface area contributed by atoms with Gasteiger partial charge in [0.1, 0.15) is 0 Å². The molecule has 0 bridgehead atoms. The summed E-state index contributed by atoms with van der Waals surface area (Å²) >= 11 is 0. The minimum absolute atomic E-state index is 0.145. The van der Waals surface area contributed by atoms with Crippen molar-refractivity contribution in [2.75, 3.05) is 5.32 Å². The molecule has 98 valence electrons. The van der Waals surface area contributed by atoms with E-state index in [1.165, 1.54) is 0 Å². The van der Waals surface area contributed by atoms with E-state index in [2.05, 4.69) is 15.3 Å². The third-order valence-corrected chi connectivity index (χ3v) is 2.75. The number of nitrogens with zero attached hydrogens (tertiary/aromatic N) is 3. The van der Waals surface area contributed by atoms with Gasteiger partial charge in [0.25, 0.3) is 5.69 Å². The number of hydrogen-bond donors (Lipinski definition) is 1. The Morgan fingerprint density at radius 1 is 1.37 bits per heavy atom. The fourth-order valence-electron chi connectivity index (χ4n) is 1.76. The molecule has 1 aromatic heterocycles. The van der Waals surface area contributed by atoms with E-state index in [4.69, 9.17) is 0 Å². The number of nitro groups is 1. The summed E-state index contributed by atoms with van der Waals surface area (Å²) in [7, 11) is 0.